The number of aliphatic hydroxyl groups is 1. The van der Waals surface area contributed by atoms with Crippen molar-refractivity contribution in [1.29, 1.82) is 0 Å². The van der Waals surface area contributed by atoms with E-state index in [1.54, 1.807) is 24.3 Å². The fourth-order valence-electron chi connectivity index (χ4n) is 3.44. The molecule has 1 amide bonds. The van der Waals surface area contributed by atoms with Crippen LogP contribution in [0.5, 0.6) is 0 Å². The molecule has 9 nitrogen and oxygen atoms in total. The molecule has 2 atom stereocenters. The fourth-order valence-corrected chi connectivity index (χ4v) is 3.69. The highest BCUT2D eigenvalue weighted by Crippen LogP contribution is 2.26. The van der Waals surface area contributed by atoms with Crippen LogP contribution in [0.3, 0.4) is 0 Å². The van der Waals surface area contributed by atoms with Gasteiger partial charge in [-0.25, -0.2) is 13.9 Å². The minimum absolute atomic E-state index is 0.0313. The number of hydrogen-bond donors (Lipinski definition) is 3. The number of carbonyl (C=O) groups excluding carboxylic acids is 1. The molecule has 0 radical (unpaired) electrons. The third-order valence-electron chi connectivity index (χ3n) is 5.24. The van der Waals surface area contributed by atoms with Gasteiger partial charge < -0.3 is 20.5 Å². The van der Waals surface area contributed by atoms with Crippen molar-refractivity contribution in [2.45, 2.75) is 25.5 Å². The molecule has 1 saturated heterocycles. The summed E-state index contributed by atoms with van der Waals surface area (Å²) in [5.74, 6) is -0.535. The summed E-state index contributed by atoms with van der Waals surface area (Å²) in [5, 5.41) is 23.7. The molecular weight excluding hydrogens is 435 g/mol. The second-order valence-electron chi connectivity index (χ2n) is 7.38. The molecule has 0 bridgehead atoms. The number of halogens is 1. The molecule has 32 heavy (non-hydrogen) atoms. The van der Waals surface area contributed by atoms with Crippen LogP contribution in [-0.2, 0) is 4.74 Å². The van der Waals surface area contributed by atoms with Gasteiger partial charge in [-0.15, -0.1) is 5.10 Å². The zero-order valence-electron chi connectivity index (χ0n) is 17.4. The molecule has 1 aromatic heterocycles. The summed E-state index contributed by atoms with van der Waals surface area (Å²) >= 11 is 5.20. The molecule has 11 heteroatoms. The molecule has 3 aromatic rings. The van der Waals surface area contributed by atoms with Gasteiger partial charge in [0.05, 0.1) is 36.9 Å². The number of rotatable bonds is 7. The maximum Gasteiger partial charge on any atom is 0.414 e. The maximum atomic E-state index is 14.9. The Morgan fingerprint density at radius 3 is 2.94 bits per heavy atom. The van der Waals surface area contributed by atoms with Gasteiger partial charge in [-0.2, -0.15) is 0 Å². The van der Waals surface area contributed by atoms with Crippen LogP contribution in [0.25, 0.3) is 16.7 Å². The van der Waals surface area contributed by atoms with E-state index in [4.69, 9.17) is 17.0 Å². The Labute approximate surface area is 189 Å². The third-order valence-corrected chi connectivity index (χ3v) is 5.50. The van der Waals surface area contributed by atoms with Crippen LogP contribution < -0.4 is 15.5 Å². The molecule has 0 aliphatic carbocycles. The predicted octanol–water partition coefficient (Wildman–Crippen LogP) is 2.12. The monoisotopic (exact) mass is 458 g/mol. The highest BCUT2D eigenvalue weighted by molar-refractivity contribution is 7.80. The van der Waals surface area contributed by atoms with Crippen LogP contribution in [0, 0.1) is 5.82 Å². The number of ether oxygens (including phenoxy) is 1. The minimum atomic E-state index is -0.559. The smallest absolute Gasteiger partial charge is 0.414 e. The van der Waals surface area contributed by atoms with E-state index in [1.165, 1.54) is 15.6 Å². The molecule has 1 fully saturated rings. The number of aliphatic hydroxyl groups excluding tert-OH is 1. The van der Waals surface area contributed by atoms with E-state index in [-0.39, 0.29) is 24.9 Å². The number of carbonyl (C=O) groups is 1. The van der Waals surface area contributed by atoms with Crippen molar-refractivity contribution in [3.8, 4) is 5.69 Å². The van der Waals surface area contributed by atoms with Crippen LogP contribution in [0.2, 0.25) is 0 Å². The van der Waals surface area contributed by atoms with Gasteiger partial charge in [-0.1, -0.05) is 24.3 Å². The number of hydrogen-bond acceptors (Lipinski definition) is 6. The number of aromatic nitrogens is 3. The molecule has 2 aromatic carbocycles. The van der Waals surface area contributed by atoms with E-state index in [1.807, 2.05) is 19.1 Å². The molecule has 0 saturated carbocycles. The molecule has 2 heterocycles. The van der Waals surface area contributed by atoms with Gasteiger partial charge in [0, 0.05) is 0 Å². The summed E-state index contributed by atoms with van der Waals surface area (Å²) in [6.45, 7) is 2.44. The summed E-state index contributed by atoms with van der Waals surface area (Å²) in [6.07, 6.45) is -0.300. The number of amides is 1. The molecule has 1 unspecified atom stereocenters. The van der Waals surface area contributed by atoms with Crippen LogP contribution >= 0.6 is 12.2 Å². The van der Waals surface area contributed by atoms with E-state index in [9.17, 15) is 14.3 Å². The van der Waals surface area contributed by atoms with E-state index in [2.05, 4.69) is 20.9 Å². The van der Waals surface area contributed by atoms with Crippen LogP contribution in [0.15, 0.2) is 42.5 Å². The molecule has 0 spiro atoms. The topological polar surface area (TPSA) is 105 Å². The Balaban J connectivity index is 1.42. The first-order chi connectivity index (χ1) is 15.5. The SMILES string of the molecule is CCC(CO)NC(=S)NC[C@H]1CN(c2ccc(-n3nnc4ccccc43)c(F)c2)C(=O)O1. The lowest BCUT2D eigenvalue weighted by atomic mass is 10.2. The Kier molecular flexibility index (Phi) is 6.47. The fraction of sp³-hybridized carbons (Fsp3) is 0.333. The summed E-state index contributed by atoms with van der Waals surface area (Å²) in [6, 6.07) is 11.6. The van der Waals surface area contributed by atoms with Gasteiger partial charge in [0.25, 0.3) is 0 Å². The average molecular weight is 459 g/mol. The van der Waals surface area contributed by atoms with Crippen molar-refractivity contribution in [2.75, 3.05) is 24.6 Å². The highest BCUT2D eigenvalue weighted by atomic mass is 32.1. The maximum absolute atomic E-state index is 14.9. The Morgan fingerprint density at radius 2 is 2.19 bits per heavy atom. The van der Waals surface area contributed by atoms with Crippen LogP contribution in [0.1, 0.15) is 13.3 Å². The molecule has 4 rings (SSSR count). The van der Waals surface area contributed by atoms with Crippen LogP contribution in [-0.4, -0.2) is 63.1 Å². The lowest BCUT2D eigenvalue weighted by Crippen LogP contribution is -2.46. The number of cyclic esters (lactones) is 1. The van der Waals surface area contributed by atoms with E-state index < -0.39 is 18.0 Å². The quantitative estimate of drug-likeness (QED) is 0.463. The Hall–Kier alpha value is -3.31. The number of para-hydroxylation sites is 1. The molecule has 1 aliphatic rings. The standard InChI is InChI=1S/C21H23FN6O3S/c1-2-13(12-29)24-20(32)23-10-15-11-27(21(30)31-15)14-7-8-18(16(22)9-14)28-19-6-4-3-5-17(19)25-26-28/h3-9,13,15,29H,2,10-12H2,1H3,(H2,23,24,32)/t13?,15-/m0/s1. The van der Waals surface area contributed by atoms with Gasteiger partial charge in [-0.3, -0.25) is 4.90 Å². The lowest BCUT2D eigenvalue weighted by Gasteiger charge is -2.18. The number of fused-ring (bicyclic) bond motifs is 1. The van der Waals surface area contributed by atoms with Gasteiger partial charge in [0.2, 0.25) is 0 Å². The van der Waals surface area contributed by atoms with Crippen molar-refractivity contribution in [2.24, 2.45) is 0 Å². The van der Waals surface area contributed by atoms with Crippen molar-refractivity contribution < 1.29 is 19.0 Å². The van der Waals surface area contributed by atoms with E-state index in [0.29, 0.717) is 28.4 Å². The van der Waals surface area contributed by atoms with Gasteiger partial charge in [-0.05, 0) is 49.0 Å². The van der Waals surface area contributed by atoms with Gasteiger partial charge >= 0.3 is 6.09 Å². The first kappa shape index (κ1) is 21.9. The van der Waals surface area contributed by atoms with Crippen molar-refractivity contribution in [3.05, 3.63) is 48.3 Å². The number of anilines is 1. The first-order valence-electron chi connectivity index (χ1n) is 10.2. The molecule has 168 valence electrons. The third kappa shape index (κ3) is 4.48. The lowest BCUT2D eigenvalue weighted by molar-refractivity contribution is 0.142. The second-order valence-corrected chi connectivity index (χ2v) is 7.79. The zero-order valence-corrected chi connectivity index (χ0v) is 18.2. The number of nitrogens with zero attached hydrogens (tertiary/aromatic N) is 4. The van der Waals surface area contributed by atoms with E-state index in [0.717, 1.165) is 6.42 Å². The van der Waals surface area contributed by atoms with Crippen molar-refractivity contribution in [1.82, 2.24) is 25.6 Å². The van der Waals surface area contributed by atoms with Crippen molar-refractivity contribution in [3.63, 3.8) is 0 Å². The van der Waals surface area contributed by atoms with Gasteiger partial charge in [0.15, 0.2) is 10.9 Å². The number of thiocarbonyl (C=S) groups is 1. The summed E-state index contributed by atoms with van der Waals surface area (Å²) in [4.78, 5) is 13.7. The Bertz CT molecular complexity index is 1140. The summed E-state index contributed by atoms with van der Waals surface area (Å²) in [7, 11) is 0. The summed E-state index contributed by atoms with van der Waals surface area (Å²) in [5.41, 5.74) is 1.96. The van der Waals surface area contributed by atoms with E-state index >= 15 is 0 Å². The summed E-state index contributed by atoms with van der Waals surface area (Å²) < 4.78 is 21.7. The minimum Gasteiger partial charge on any atom is -0.442 e. The molecule has 1 aliphatic heterocycles. The molecular formula is C21H23FN6O3S. The van der Waals surface area contributed by atoms with Crippen molar-refractivity contribution >= 4 is 40.1 Å². The largest absolute Gasteiger partial charge is 0.442 e. The number of nitrogens with one attached hydrogen (secondary N) is 2. The average Bonchev–Trinajstić information content (AvgIpc) is 3.39. The van der Waals surface area contributed by atoms with Gasteiger partial charge in [0.1, 0.15) is 17.3 Å². The first-order valence-corrected chi connectivity index (χ1v) is 10.6. The zero-order chi connectivity index (χ0) is 22.7. The Morgan fingerprint density at radius 1 is 1.38 bits per heavy atom. The predicted molar refractivity (Wildman–Crippen MR) is 121 cm³/mol. The van der Waals surface area contributed by atoms with Crippen LogP contribution in [0.4, 0.5) is 14.9 Å². The second kappa shape index (κ2) is 9.45. The normalized spacial score (nSPS) is 16.8. The highest BCUT2D eigenvalue weighted by Gasteiger charge is 2.33. The molecule has 3 N–H and O–H groups in total. The number of benzene rings is 2.